The smallest absolute Gasteiger partial charge is 0.342 e. The van der Waals surface area contributed by atoms with Crippen molar-refractivity contribution in [3.8, 4) is 5.75 Å². The van der Waals surface area contributed by atoms with Gasteiger partial charge < -0.3 is 14.2 Å². The Bertz CT molecular complexity index is 1170. The topological polar surface area (TPSA) is 65.1 Å². The Labute approximate surface area is 192 Å². The van der Waals surface area contributed by atoms with Gasteiger partial charge in [-0.15, -0.1) is 0 Å². The number of carbonyl (C=O) groups is 2. The van der Waals surface area contributed by atoms with Crippen molar-refractivity contribution in [2.75, 3.05) is 6.54 Å². The fourth-order valence-electron chi connectivity index (χ4n) is 3.86. The minimum absolute atomic E-state index is 0.0247. The number of fused-ring (bicyclic) bond motifs is 1. The number of hydrogen-bond acceptors (Lipinski definition) is 5. The van der Waals surface area contributed by atoms with Crippen LogP contribution in [0.25, 0.3) is 5.57 Å². The molecule has 166 valence electrons. The van der Waals surface area contributed by atoms with E-state index in [2.05, 4.69) is 0 Å². The lowest BCUT2D eigenvalue weighted by Gasteiger charge is -2.30. The van der Waals surface area contributed by atoms with Gasteiger partial charge in [0.1, 0.15) is 30.3 Å². The molecule has 0 aliphatic carbocycles. The summed E-state index contributed by atoms with van der Waals surface area (Å²) in [5.41, 5.74) is 2.96. The van der Waals surface area contributed by atoms with Crippen molar-refractivity contribution in [3.05, 3.63) is 107 Å². The summed E-state index contributed by atoms with van der Waals surface area (Å²) < 4.78 is 17.4. The van der Waals surface area contributed by atoms with Crippen molar-refractivity contribution in [2.24, 2.45) is 0 Å². The minimum atomic E-state index is -0.484. The van der Waals surface area contributed by atoms with Crippen LogP contribution in [0.5, 0.6) is 5.75 Å². The lowest BCUT2D eigenvalue weighted by molar-refractivity contribution is -0.153. The molecule has 0 saturated carbocycles. The molecule has 2 aliphatic rings. The Balaban J connectivity index is 1.35. The second-order valence-corrected chi connectivity index (χ2v) is 7.96. The fraction of sp³-hybridized carbons (Fsp3) is 0.185. The Morgan fingerprint density at radius 2 is 1.52 bits per heavy atom. The zero-order valence-corrected chi connectivity index (χ0v) is 18.0. The average Bonchev–Trinajstić information content (AvgIpc) is 3.20. The van der Waals surface area contributed by atoms with Crippen LogP contribution in [0.2, 0.25) is 0 Å². The van der Waals surface area contributed by atoms with E-state index >= 15 is 0 Å². The maximum absolute atomic E-state index is 13.1. The van der Waals surface area contributed by atoms with Gasteiger partial charge in [0.15, 0.2) is 6.23 Å². The third kappa shape index (κ3) is 4.60. The van der Waals surface area contributed by atoms with E-state index in [1.54, 1.807) is 4.90 Å². The highest BCUT2D eigenvalue weighted by atomic mass is 16.5. The van der Waals surface area contributed by atoms with Crippen LogP contribution < -0.4 is 4.74 Å². The monoisotopic (exact) mass is 441 g/mol. The van der Waals surface area contributed by atoms with Gasteiger partial charge in [0, 0.05) is 0 Å². The number of ether oxygens (including phenoxy) is 3. The predicted octanol–water partition coefficient (Wildman–Crippen LogP) is 4.31. The fourth-order valence-corrected chi connectivity index (χ4v) is 3.86. The molecule has 2 aliphatic heterocycles. The molecule has 6 nitrogen and oxygen atoms in total. The van der Waals surface area contributed by atoms with E-state index in [-0.39, 0.29) is 25.3 Å². The first-order chi connectivity index (χ1) is 16.2. The first-order valence-electron chi connectivity index (χ1n) is 10.8. The lowest BCUT2D eigenvalue weighted by atomic mass is 10.0. The summed E-state index contributed by atoms with van der Waals surface area (Å²) in [5, 5.41) is 0. The third-order valence-corrected chi connectivity index (χ3v) is 5.70. The summed E-state index contributed by atoms with van der Waals surface area (Å²) in [5.74, 6) is 0.691. The van der Waals surface area contributed by atoms with E-state index in [0.29, 0.717) is 35.7 Å². The van der Waals surface area contributed by atoms with Gasteiger partial charge in [0.2, 0.25) is 5.91 Å². The zero-order chi connectivity index (χ0) is 22.6. The van der Waals surface area contributed by atoms with Crippen molar-refractivity contribution >= 4 is 17.4 Å². The Morgan fingerprint density at radius 1 is 0.879 bits per heavy atom. The van der Waals surface area contributed by atoms with Gasteiger partial charge in [-0.25, -0.2) is 4.79 Å². The van der Waals surface area contributed by atoms with Crippen LogP contribution >= 0.6 is 0 Å². The van der Waals surface area contributed by atoms with E-state index in [9.17, 15) is 9.59 Å². The van der Waals surface area contributed by atoms with Crippen LogP contribution in [0.1, 0.15) is 23.1 Å². The number of esters is 1. The molecule has 3 aromatic carbocycles. The molecule has 1 amide bonds. The number of amides is 1. The van der Waals surface area contributed by atoms with Crippen LogP contribution in [-0.2, 0) is 32.3 Å². The van der Waals surface area contributed by atoms with Gasteiger partial charge in [-0.2, -0.15) is 0 Å². The van der Waals surface area contributed by atoms with E-state index in [1.807, 2.05) is 84.9 Å². The number of β-lactam (4-membered cyclic amide) rings is 1. The molecule has 5 rings (SSSR count). The Morgan fingerprint density at radius 3 is 2.12 bits per heavy atom. The third-order valence-electron chi connectivity index (χ3n) is 5.70. The quantitative estimate of drug-likeness (QED) is 0.311. The molecule has 0 spiro atoms. The van der Waals surface area contributed by atoms with Gasteiger partial charge in [0.05, 0.1) is 13.0 Å². The maximum atomic E-state index is 13.1. The number of nitrogens with zero attached hydrogens (tertiary/aromatic N) is 1. The molecule has 2 saturated heterocycles. The van der Waals surface area contributed by atoms with Crippen LogP contribution in [0, 0.1) is 0 Å². The molecule has 0 N–H and O–H groups in total. The summed E-state index contributed by atoms with van der Waals surface area (Å²) in [7, 11) is 0. The minimum Gasteiger partial charge on any atom is -0.489 e. The van der Waals surface area contributed by atoms with Crippen molar-refractivity contribution in [1.82, 2.24) is 4.90 Å². The summed E-state index contributed by atoms with van der Waals surface area (Å²) >= 11 is 0. The molecule has 0 aromatic heterocycles. The van der Waals surface area contributed by atoms with Crippen molar-refractivity contribution in [3.63, 3.8) is 0 Å². The van der Waals surface area contributed by atoms with Gasteiger partial charge in [-0.3, -0.25) is 9.69 Å². The summed E-state index contributed by atoms with van der Waals surface area (Å²) in [6.45, 7) is 0.876. The van der Waals surface area contributed by atoms with E-state index in [0.717, 1.165) is 11.1 Å². The predicted molar refractivity (Wildman–Crippen MR) is 122 cm³/mol. The molecule has 3 aromatic rings. The second-order valence-electron chi connectivity index (χ2n) is 7.96. The first kappa shape index (κ1) is 20.8. The number of carbonyl (C=O) groups excluding carboxylic acids is 2. The van der Waals surface area contributed by atoms with Crippen LogP contribution in [0.15, 0.2) is 90.7 Å². The molecular formula is C27H23NO5. The maximum Gasteiger partial charge on any atom is 0.342 e. The summed E-state index contributed by atoms with van der Waals surface area (Å²) in [6, 6.07) is 26.7. The number of hydrogen-bond donors (Lipinski definition) is 0. The molecule has 33 heavy (non-hydrogen) atoms. The van der Waals surface area contributed by atoms with Gasteiger partial charge >= 0.3 is 5.97 Å². The molecule has 6 heteroatoms. The lowest BCUT2D eigenvalue weighted by Crippen LogP contribution is -2.48. The molecule has 0 bridgehead atoms. The number of benzene rings is 3. The molecule has 2 heterocycles. The van der Waals surface area contributed by atoms with Crippen molar-refractivity contribution in [1.29, 1.82) is 0 Å². The van der Waals surface area contributed by atoms with Crippen LogP contribution in [0.3, 0.4) is 0 Å². The van der Waals surface area contributed by atoms with Crippen LogP contribution in [0.4, 0.5) is 0 Å². The molecular weight excluding hydrogens is 418 g/mol. The largest absolute Gasteiger partial charge is 0.489 e. The van der Waals surface area contributed by atoms with Gasteiger partial charge in [-0.05, 0) is 28.8 Å². The molecule has 0 radical (unpaired) electrons. The highest BCUT2D eigenvalue weighted by molar-refractivity contribution is 6.17. The average molecular weight is 441 g/mol. The normalized spacial score (nSPS) is 18.1. The van der Waals surface area contributed by atoms with Crippen molar-refractivity contribution < 1.29 is 23.8 Å². The SMILES string of the molecule is O=C(OCc1ccccc1)C(=C1CN2C(=O)CC2O1)c1ccc(OCc2ccccc2)cc1. The molecule has 2 fully saturated rings. The number of rotatable bonds is 7. The second kappa shape index (κ2) is 9.20. The highest BCUT2D eigenvalue weighted by Crippen LogP contribution is 2.35. The van der Waals surface area contributed by atoms with E-state index in [1.165, 1.54) is 0 Å². The Kier molecular flexibility index (Phi) is 5.81. The van der Waals surface area contributed by atoms with E-state index < -0.39 is 5.97 Å². The summed E-state index contributed by atoms with van der Waals surface area (Å²) in [6.07, 6.45) is 0.0418. The van der Waals surface area contributed by atoms with Crippen LogP contribution in [-0.4, -0.2) is 29.5 Å². The molecule has 1 unspecified atom stereocenters. The Hall–Kier alpha value is -4.06. The highest BCUT2D eigenvalue weighted by Gasteiger charge is 2.45. The zero-order valence-electron chi connectivity index (χ0n) is 18.0. The standard InChI is InChI=1S/C27H23NO5/c29-24-15-25-28(24)16-23(33-25)26(27(30)32-18-20-9-5-2-6-10-20)21-11-13-22(14-12-21)31-17-19-7-3-1-4-8-19/h1-14,25H,15-18H2. The van der Waals surface area contributed by atoms with Gasteiger partial charge in [0.25, 0.3) is 0 Å². The van der Waals surface area contributed by atoms with Gasteiger partial charge in [-0.1, -0.05) is 72.8 Å². The molecule has 1 atom stereocenters. The first-order valence-corrected chi connectivity index (χ1v) is 10.8. The van der Waals surface area contributed by atoms with Crippen molar-refractivity contribution in [2.45, 2.75) is 25.9 Å². The summed E-state index contributed by atoms with van der Waals surface area (Å²) in [4.78, 5) is 26.6. The van der Waals surface area contributed by atoms with E-state index in [4.69, 9.17) is 14.2 Å².